The molecule has 1 atom stereocenters. The summed E-state index contributed by atoms with van der Waals surface area (Å²) in [6.45, 7) is 9.34. The molecule has 25 heavy (non-hydrogen) atoms. The van der Waals surface area contributed by atoms with Crippen LogP contribution in [0.5, 0.6) is 11.5 Å². The van der Waals surface area contributed by atoms with Crippen molar-refractivity contribution >= 4 is 0 Å². The van der Waals surface area contributed by atoms with E-state index in [1.807, 2.05) is 55.5 Å². The maximum absolute atomic E-state index is 9.73. The topological polar surface area (TPSA) is 58.9 Å². The van der Waals surface area contributed by atoms with Crippen LogP contribution in [0.1, 0.15) is 45.7 Å². The van der Waals surface area contributed by atoms with E-state index < -0.39 is 5.79 Å². The maximum Gasteiger partial charge on any atom is 0.202 e. The highest BCUT2D eigenvalue weighted by molar-refractivity contribution is 5.41. The molecule has 2 aromatic carbocycles. The van der Waals surface area contributed by atoms with E-state index in [4.69, 9.17) is 14.6 Å². The minimum atomic E-state index is -1.20. The van der Waals surface area contributed by atoms with Gasteiger partial charge >= 0.3 is 0 Å². The molecule has 0 amide bonds. The van der Waals surface area contributed by atoms with Crippen LogP contribution in [0.4, 0.5) is 0 Å². The first-order chi connectivity index (χ1) is 11.6. The minimum absolute atomic E-state index is 0.00763. The number of aliphatic hydroxyl groups is 2. The van der Waals surface area contributed by atoms with Crippen LogP contribution in [0.2, 0.25) is 0 Å². The Morgan fingerprint density at radius 1 is 0.840 bits per heavy atom. The van der Waals surface area contributed by atoms with Crippen LogP contribution >= 0.6 is 0 Å². The summed E-state index contributed by atoms with van der Waals surface area (Å²) >= 11 is 0. The van der Waals surface area contributed by atoms with Gasteiger partial charge in [0, 0.05) is 19.3 Å². The molecule has 0 saturated heterocycles. The third kappa shape index (κ3) is 5.21. The van der Waals surface area contributed by atoms with E-state index in [2.05, 4.69) is 13.8 Å². The van der Waals surface area contributed by atoms with Gasteiger partial charge in [-0.2, -0.15) is 0 Å². The highest BCUT2D eigenvalue weighted by atomic mass is 16.6. The van der Waals surface area contributed by atoms with Gasteiger partial charge in [-0.05, 0) is 42.3 Å². The summed E-state index contributed by atoms with van der Waals surface area (Å²) in [6.07, 6.45) is -0.220. The number of rotatable bonds is 7. The number of benzene rings is 2. The summed E-state index contributed by atoms with van der Waals surface area (Å²) in [5.74, 6) is 0.183. The Morgan fingerprint density at radius 3 is 1.68 bits per heavy atom. The predicted molar refractivity (Wildman–Crippen MR) is 99.1 cm³/mol. The molecule has 0 saturated carbocycles. The predicted octanol–water partition coefficient (Wildman–Crippen LogP) is 3.88. The second-order valence-corrected chi connectivity index (χ2v) is 7.33. The molecule has 0 aliphatic carbocycles. The molecular weight excluding hydrogens is 316 g/mol. The van der Waals surface area contributed by atoms with Crippen molar-refractivity contribution in [3.05, 3.63) is 59.7 Å². The summed E-state index contributed by atoms with van der Waals surface area (Å²) in [7, 11) is 0. The van der Waals surface area contributed by atoms with Crippen molar-refractivity contribution in [2.45, 2.75) is 51.9 Å². The van der Waals surface area contributed by atoms with Gasteiger partial charge in [0.1, 0.15) is 17.6 Å². The van der Waals surface area contributed by atoms with Crippen molar-refractivity contribution in [2.24, 2.45) is 0 Å². The molecule has 0 fully saturated rings. The van der Waals surface area contributed by atoms with Gasteiger partial charge in [-0.25, -0.2) is 0 Å². The molecule has 1 unspecified atom stereocenters. The Morgan fingerprint density at radius 2 is 1.28 bits per heavy atom. The van der Waals surface area contributed by atoms with Gasteiger partial charge < -0.3 is 19.7 Å². The first-order valence-corrected chi connectivity index (χ1v) is 8.52. The first kappa shape index (κ1) is 19.3. The third-order valence-corrected chi connectivity index (χ3v) is 4.11. The largest absolute Gasteiger partial charge is 0.488 e. The minimum Gasteiger partial charge on any atom is -0.488 e. The first-order valence-electron chi connectivity index (χ1n) is 8.52. The Balaban J connectivity index is 2.17. The summed E-state index contributed by atoms with van der Waals surface area (Å²) in [4.78, 5) is 0. The smallest absolute Gasteiger partial charge is 0.202 e. The van der Waals surface area contributed by atoms with Crippen molar-refractivity contribution in [3.63, 3.8) is 0 Å². The molecular formula is C21H28O4. The lowest BCUT2D eigenvalue weighted by atomic mass is 9.78. The van der Waals surface area contributed by atoms with Crippen molar-refractivity contribution in [1.29, 1.82) is 0 Å². The Bertz CT molecular complexity index is 667. The van der Waals surface area contributed by atoms with E-state index in [1.165, 1.54) is 0 Å². The van der Waals surface area contributed by atoms with E-state index in [0.717, 1.165) is 16.9 Å². The van der Waals surface area contributed by atoms with Gasteiger partial charge in [0.05, 0.1) is 6.61 Å². The fourth-order valence-electron chi connectivity index (χ4n) is 2.61. The SMILES string of the molecule is CC(CO)Oc1ccc(C(C)(C)c2ccc(OC(C)(C)O)cc2)cc1. The highest BCUT2D eigenvalue weighted by Crippen LogP contribution is 2.33. The molecule has 0 aliphatic heterocycles. The quantitative estimate of drug-likeness (QED) is 0.749. The van der Waals surface area contributed by atoms with Crippen LogP contribution in [-0.2, 0) is 5.41 Å². The van der Waals surface area contributed by atoms with Gasteiger partial charge in [0.15, 0.2) is 0 Å². The maximum atomic E-state index is 9.73. The summed E-state index contributed by atoms with van der Waals surface area (Å²) in [5, 5.41) is 18.8. The van der Waals surface area contributed by atoms with Gasteiger partial charge in [0.2, 0.25) is 5.79 Å². The van der Waals surface area contributed by atoms with Gasteiger partial charge in [-0.3, -0.25) is 0 Å². The number of hydrogen-bond donors (Lipinski definition) is 2. The number of hydrogen-bond acceptors (Lipinski definition) is 4. The molecule has 2 rings (SSSR count). The van der Waals surface area contributed by atoms with Crippen LogP contribution in [0, 0.1) is 0 Å². The average molecular weight is 344 g/mol. The van der Waals surface area contributed by atoms with Gasteiger partial charge in [0.25, 0.3) is 0 Å². The molecule has 0 radical (unpaired) electrons. The number of ether oxygens (including phenoxy) is 2. The molecule has 0 spiro atoms. The zero-order chi connectivity index (χ0) is 18.7. The second kappa shape index (κ2) is 7.46. The van der Waals surface area contributed by atoms with Gasteiger partial charge in [-0.1, -0.05) is 38.1 Å². The van der Waals surface area contributed by atoms with Crippen molar-refractivity contribution in [3.8, 4) is 11.5 Å². The van der Waals surface area contributed by atoms with Crippen molar-refractivity contribution in [2.75, 3.05) is 6.61 Å². The molecule has 2 N–H and O–H groups in total. The van der Waals surface area contributed by atoms with Crippen LogP contribution in [0.15, 0.2) is 48.5 Å². The molecule has 136 valence electrons. The second-order valence-electron chi connectivity index (χ2n) is 7.33. The zero-order valence-electron chi connectivity index (χ0n) is 15.6. The van der Waals surface area contributed by atoms with E-state index in [9.17, 15) is 5.11 Å². The van der Waals surface area contributed by atoms with Crippen molar-refractivity contribution in [1.82, 2.24) is 0 Å². The molecule has 0 aromatic heterocycles. The Labute approximate surface area is 150 Å². The average Bonchev–Trinajstić information content (AvgIpc) is 2.54. The summed E-state index contributed by atoms with van der Waals surface area (Å²) in [5.41, 5.74) is 2.12. The fraction of sp³-hybridized carbons (Fsp3) is 0.429. The van der Waals surface area contributed by atoms with E-state index >= 15 is 0 Å². The van der Waals surface area contributed by atoms with Gasteiger partial charge in [-0.15, -0.1) is 0 Å². The normalized spacial score (nSPS) is 13.4. The van der Waals surface area contributed by atoms with Crippen LogP contribution < -0.4 is 9.47 Å². The van der Waals surface area contributed by atoms with E-state index in [-0.39, 0.29) is 18.1 Å². The van der Waals surface area contributed by atoms with Crippen molar-refractivity contribution < 1.29 is 19.7 Å². The molecule has 4 nitrogen and oxygen atoms in total. The number of aliphatic hydroxyl groups excluding tert-OH is 1. The Kier molecular flexibility index (Phi) is 5.76. The zero-order valence-corrected chi connectivity index (χ0v) is 15.6. The standard InChI is InChI=1S/C21H28O4/c1-15(14-22)24-18-10-6-16(7-11-18)20(2,3)17-8-12-19(13-9-17)25-21(4,5)23/h6-13,15,22-23H,14H2,1-5H3. The third-order valence-electron chi connectivity index (χ3n) is 4.11. The summed E-state index contributed by atoms with van der Waals surface area (Å²) in [6, 6.07) is 15.7. The highest BCUT2D eigenvalue weighted by Gasteiger charge is 2.23. The van der Waals surface area contributed by atoms with E-state index in [0.29, 0.717) is 5.75 Å². The Hall–Kier alpha value is -2.04. The molecule has 2 aromatic rings. The molecule has 0 aliphatic rings. The van der Waals surface area contributed by atoms with Crippen LogP contribution in [0.3, 0.4) is 0 Å². The fourth-order valence-corrected chi connectivity index (χ4v) is 2.61. The summed E-state index contributed by atoms with van der Waals surface area (Å²) < 4.78 is 11.1. The lowest BCUT2D eigenvalue weighted by molar-refractivity contribution is -0.104. The molecule has 0 bridgehead atoms. The molecule has 4 heteroatoms. The van der Waals surface area contributed by atoms with Crippen LogP contribution in [-0.4, -0.2) is 28.7 Å². The lowest BCUT2D eigenvalue weighted by Crippen LogP contribution is -2.27. The van der Waals surface area contributed by atoms with E-state index in [1.54, 1.807) is 13.8 Å². The monoisotopic (exact) mass is 344 g/mol. The lowest BCUT2D eigenvalue weighted by Gasteiger charge is -2.27. The van der Waals surface area contributed by atoms with Crippen LogP contribution in [0.25, 0.3) is 0 Å². The molecule has 0 heterocycles.